The summed E-state index contributed by atoms with van der Waals surface area (Å²) in [6, 6.07) is 8.76. The van der Waals surface area contributed by atoms with Gasteiger partial charge in [-0.05, 0) is 37.8 Å². The van der Waals surface area contributed by atoms with Gasteiger partial charge in [0.05, 0.1) is 0 Å². The Morgan fingerprint density at radius 2 is 2.05 bits per heavy atom. The molecule has 0 spiro atoms. The molecule has 19 heavy (non-hydrogen) atoms. The summed E-state index contributed by atoms with van der Waals surface area (Å²) in [5.74, 6) is -0.264. The highest BCUT2D eigenvalue weighted by Gasteiger charge is 2.16. The number of nitrogens with two attached hydrogens (primary N) is 1. The Labute approximate surface area is 117 Å². The van der Waals surface area contributed by atoms with Crippen LogP contribution in [0.5, 0.6) is 0 Å². The van der Waals surface area contributed by atoms with Gasteiger partial charge in [0.25, 0.3) is 0 Å². The van der Waals surface area contributed by atoms with Gasteiger partial charge in [0.2, 0.25) is 5.91 Å². The fraction of sp³-hybridized carbons (Fsp3) is 0.400. The van der Waals surface area contributed by atoms with Crippen molar-refractivity contribution in [3.8, 4) is 0 Å². The zero-order valence-electron chi connectivity index (χ0n) is 11.6. The number of hydrogen-bond donors (Lipinski definition) is 2. The number of aryl methyl sites for hydroxylation is 1. The van der Waals surface area contributed by atoms with Gasteiger partial charge in [-0.3, -0.25) is 4.79 Å². The molecule has 4 heteroatoms. The smallest absolute Gasteiger partial charge is 0.218 e. The minimum atomic E-state index is -0.264. The molecule has 3 N–H and O–H groups in total. The predicted octanol–water partition coefficient (Wildman–Crippen LogP) is 3.12. The van der Waals surface area contributed by atoms with Gasteiger partial charge in [-0.2, -0.15) is 0 Å². The summed E-state index contributed by atoms with van der Waals surface area (Å²) >= 11 is 1.81. The summed E-state index contributed by atoms with van der Waals surface area (Å²) in [5.41, 5.74) is 6.55. The monoisotopic (exact) mass is 276 g/mol. The minimum Gasteiger partial charge on any atom is -0.370 e. The molecule has 0 bridgehead atoms. The first-order valence-electron chi connectivity index (χ1n) is 6.51. The maximum absolute atomic E-state index is 10.9. The Bertz CT molecular complexity index is 591. The number of rotatable bonds is 5. The lowest BCUT2D eigenvalue weighted by Gasteiger charge is -2.18. The average Bonchev–Trinajstić information content (AvgIpc) is 2.66. The van der Waals surface area contributed by atoms with Crippen molar-refractivity contribution in [3.05, 3.63) is 34.7 Å². The molecule has 2 aromatic rings. The number of primary amides is 1. The van der Waals surface area contributed by atoms with Crippen molar-refractivity contribution in [1.29, 1.82) is 0 Å². The van der Waals surface area contributed by atoms with E-state index in [1.54, 1.807) is 0 Å². The van der Waals surface area contributed by atoms with Crippen molar-refractivity contribution in [2.24, 2.45) is 5.73 Å². The summed E-state index contributed by atoms with van der Waals surface area (Å²) in [5, 5.41) is 4.76. The molecule has 0 aliphatic rings. The van der Waals surface area contributed by atoms with E-state index in [1.807, 2.05) is 18.3 Å². The van der Waals surface area contributed by atoms with Crippen molar-refractivity contribution in [2.75, 3.05) is 0 Å². The molecule has 2 atom stereocenters. The van der Waals surface area contributed by atoms with Gasteiger partial charge in [0, 0.05) is 28.1 Å². The number of carbonyl (C=O) groups is 1. The number of benzene rings is 1. The van der Waals surface area contributed by atoms with Crippen LogP contribution in [0.1, 0.15) is 36.8 Å². The van der Waals surface area contributed by atoms with Gasteiger partial charge < -0.3 is 11.1 Å². The van der Waals surface area contributed by atoms with Gasteiger partial charge >= 0.3 is 0 Å². The summed E-state index contributed by atoms with van der Waals surface area (Å²) in [4.78, 5) is 12.3. The second-order valence-electron chi connectivity index (χ2n) is 5.05. The molecule has 2 rings (SSSR count). The molecule has 0 saturated carbocycles. The molecule has 0 aliphatic heterocycles. The van der Waals surface area contributed by atoms with E-state index in [4.69, 9.17) is 5.73 Å². The number of hydrogen-bond acceptors (Lipinski definition) is 3. The first-order valence-corrected chi connectivity index (χ1v) is 7.33. The van der Waals surface area contributed by atoms with Gasteiger partial charge in [-0.1, -0.05) is 18.2 Å². The summed E-state index contributed by atoms with van der Waals surface area (Å²) < 4.78 is 1.31. The Morgan fingerprint density at radius 3 is 2.68 bits per heavy atom. The van der Waals surface area contributed by atoms with Crippen molar-refractivity contribution < 1.29 is 4.79 Å². The van der Waals surface area contributed by atoms with Crippen LogP contribution in [0.15, 0.2) is 24.3 Å². The van der Waals surface area contributed by atoms with Crippen molar-refractivity contribution in [2.45, 2.75) is 39.3 Å². The van der Waals surface area contributed by atoms with Crippen molar-refractivity contribution in [3.63, 3.8) is 0 Å². The van der Waals surface area contributed by atoms with E-state index in [2.05, 4.69) is 43.4 Å². The Hall–Kier alpha value is -1.39. The Morgan fingerprint density at radius 1 is 1.37 bits per heavy atom. The summed E-state index contributed by atoms with van der Waals surface area (Å²) in [6.45, 7) is 6.28. The highest BCUT2D eigenvalue weighted by Crippen LogP contribution is 2.34. The fourth-order valence-corrected chi connectivity index (χ4v) is 3.69. The van der Waals surface area contributed by atoms with E-state index in [1.165, 1.54) is 20.5 Å². The molecule has 1 amide bonds. The normalized spacial score (nSPS) is 14.5. The minimum absolute atomic E-state index is 0.0945. The van der Waals surface area contributed by atoms with E-state index in [0.29, 0.717) is 6.42 Å². The van der Waals surface area contributed by atoms with Crippen LogP contribution in [0.25, 0.3) is 10.1 Å². The van der Waals surface area contributed by atoms with Crippen LogP contribution in [-0.4, -0.2) is 11.9 Å². The lowest BCUT2D eigenvalue weighted by atomic mass is 10.1. The van der Waals surface area contributed by atoms with Gasteiger partial charge in [0.15, 0.2) is 0 Å². The second kappa shape index (κ2) is 5.72. The Kier molecular flexibility index (Phi) is 4.22. The molecule has 0 fully saturated rings. The zero-order valence-corrected chi connectivity index (χ0v) is 12.4. The number of nitrogens with one attached hydrogen (secondary N) is 1. The van der Waals surface area contributed by atoms with Crippen LogP contribution in [0, 0.1) is 6.92 Å². The predicted molar refractivity (Wildman–Crippen MR) is 81.4 cm³/mol. The SMILES string of the molecule is Cc1c(C(C)NC(C)CC(N)=O)sc2ccccc12. The molecule has 0 saturated heterocycles. The van der Waals surface area contributed by atoms with Crippen LogP contribution >= 0.6 is 11.3 Å². The van der Waals surface area contributed by atoms with Gasteiger partial charge in [0.1, 0.15) is 0 Å². The molecule has 1 aromatic heterocycles. The molecule has 1 heterocycles. The third-order valence-corrected chi connectivity index (χ3v) is 4.77. The zero-order chi connectivity index (χ0) is 14.0. The van der Waals surface area contributed by atoms with Crippen LogP contribution in [0.4, 0.5) is 0 Å². The molecule has 3 nitrogen and oxygen atoms in total. The van der Waals surface area contributed by atoms with Crippen LogP contribution < -0.4 is 11.1 Å². The third kappa shape index (κ3) is 3.14. The Balaban J connectivity index is 2.19. The molecular weight excluding hydrogens is 256 g/mol. The lowest BCUT2D eigenvalue weighted by molar-refractivity contribution is -0.118. The molecular formula is C15H20N2OS. The van der Waals surface area contributed by atoms with Gasteiger partial charge in [-0.25, -0.2) is 0 Å². The van der Waals surface area contributed by atoms with E-state index in [0.717, 1.165) is 0 Å². The van der Waals surface area contributed by atoms with Gasteiger partial charge in [-0.15, -0.1) is 11.3 Å². The topological polar surface area (TPSA) is 55.1 Å². The standard InChI is InChI=1S/C15H20N2OS/c1-9(8-14(16)18)17-11(3)15-10(2)12-6-4-5-7-13(12)19-15/h4-7,9,11,17H,8H2,1-3H3,(H2,16,18). The molecule has 2 unspecified atom stereocenters. The molecule has 0 radical (unpaired) electrons. The maximum Gasteiger partial charge on any atom is 0.218 e. The first kappa shape index (κ1) is 14.0. The van der Waals surface area contributed by atoms with Crippen LogP contribution in [0.3, 0.4) is 0 Å². The fourth-order valence-electron chi connectivity index (χ4n) is 2.47. The number of carbonyl (C=O) groups excluding carboxylic acids is 1. The number of amides is 1. The van der Waals surface area contributed by atoms with E-state index in [-0.39, 0.29) is 18.0 Å². The van der Waals surface area contributed by atoms with E-state index in [9.17, 15) is 4.79 Å². The number of fused-ring (bicyclic) bond motifs is 1. The second-order valence-corrected chi connectivity index (χ2v) is 6.13. The van der Waals surface area contributed by atoms with Crippen molar-refractivity contribution in [1.82, 2.24) is 5.32 Å². The quantitative estimate of drug-likeness (QED) is 0.881. The van der Waals surface area contributed by atoms with Crippen LogP contribution in [-0.2, 0) is 4.79 Å². The maximum atomic E-state index is 10.9. The molecule has 1 aromatic carbocycles. The lowest BCUT2D eigenvalue weighted by Crippen LogP contribution is -2.32. The summed E-state index contributed by atoms with van der Waals surface area (Å²) in [6.07, 6.45) is 0.369. The van der Waals surface area contributed by atoms with Crippen molar-refractivity contribution >= 4 is 27.3 Å². The average molecular weight is 276 g/mol. The molecule has 102 valence electrons. The first-order chi connectivity index (χ1) is 8.99. The number of thiophene rings is 1. The van der Waals surface area contributed by atoms with E-state index < -0.39 is 0 Å². The highest BCUT2D eigenvalue weighted by molar-refractivity contribution is 7.19. The molecule has 0 aliphatic carbocycles. The third-order valence-electron chi connectivity index (χ3n) is 3.32. The highest BCUT2D eigenvalue weighted by atomic mass is 32.1. The van der Waals surface area contributed by atoms with Crippen LogP contribution in [0.2, 0.25) is 0 Å². The largest absolute Gasteiger partial charge is 0.370 e. The summed E-state index contributed by atoms with van der Waals surface area (Å²) in [7, 11) is 0. The van der Waals surface area contributed by atoms with E-state index >= 15 is 0 Å².